The largest absolute Gasteiger partial charge is 0.344 e. The Bertz CT molecular complexity index is 3.25. The van der Waals surface area contributed by atoms with E-state index in [4.69, 9.17) is 0 Å². The molecule has 0 spiro atoms. The normalized spacial score (nSPS) is 4.50. The molecule has 0 rings (SSSR count). The van der Waals surface area contributed by atoms with Crippen LogP contribution in [0.5, 0.6) is 0 Å². The van der Waals surface area contributed by atoms with Crippen LogP contribution >= 0.6 is 0 Å². The Morgan fingerprint density at radius 2 is 1.75 bits per heavy atom. The third-order valence-corrected chi connectivity index (χ3v) is 0. The van der Waals surface area contributed by atoms with Crippen LogP contribution in [0.2, 0.25) is 0 Å². The minimum atomic E-state index is 0. The molecule has 24 valence electrons. The molecule has 0 radical (unpaired) electrons. The summed E-state index contributed by atoms with van der Waals surface area (Å²) in [5.74, 6) is 0. The fourth-order valence-corrected chi connectivity index (χ4v) is 0. The van der Waals surface area contributed by atoms with Gasteiger partial charge >= 0.3 is 0 Å². The van der Waals surface area contributed by atoms with Crippen molar-refractivity contribution in [2.24, 2.45) is 0 Å². The first kappa shape index (κ1) is 8.86. The summed E-state index contributed by atoms with van der Waals surface area (Å²) in [5, 5.41) is 0. The Labute approximate surface area is 46.7 Å². The van der Waals surface area contributed by atoms with Crippen LogP contribution in [0.3, 0.4) is 0 Å². The average Bonchev–Trinajstić information content (AvgIpc) is 0.918. The van der Waals surface area contributed by atoms with Gasteiger partial charge in [0.05, 0.1) is 0 Å². The Hall–Kier alpha value is 0.883. The molecule has 0 fully saturated rings. The van der Waals surface area contributed by atoms with Crippen LogP contribution < -0.4 is 0 Å². The van der Waals surface area contributed by atoms with E-state index >= 15 is 0 Å². The van der Waals surface area contributed by atoms with Crippen LogP contribution in [0.4, 0.5) is 0 Å². The average molecular weight is 134 g/mol. The first-order valence-corrected chi connectivity index (χ1v) is 1.21. The van der Waals surface area contributed by atoms with Crippen molar-refractivity contribution >= 4 is 0 Å². The first-order chi connectivity index (χ1) is 1.41. The van der Waals surface area contributed by atoms with E-state index in [0.29, 0.717) is 0 Å². The fourth-order valence-electron chi connectivity index (χ4n) is 0. The van der Waals surface area contributed by atoms with Crippen molar-refractivity contribution in [2.75, 3.05) is 0 Å². The van der Waals surface area contributed by atoms with E-state index in [1.54, 1.807) is 0 Å². The number of hydrogen-bond acceptors (Lipinski definition) is 0. The predicted octanol–water partition coefficient (Wildman–Crippen LogP) is 1.23. The minimum absolute atomic E-state index is 0. The van der Waals surface area contributed by atoms with Gasteiger partial charge in [-0.15, -0.1) is 0 Å². The van der Waals surface area contributed by atoms with Crippen molar-refractivity contribution in [1.29, 1.82) is 0 Å². The molecule has 0 aliphatic carbocycles. The summed E-state index contributed by atoms with van der Waals surface area (Å²) in [6.45, 7) is 5.50. The van der Waals surface area contributed by atoms with E-state index in [1.165, 1.54) is 0 Å². The molecular weight excluding hydrogens is 127 g/mol. The van der Waals surface area contributed by atoms with Crippen molar-refractivity contribution in [1.82, 2.24) is 0 Å². The van der Waals surface area contributed by atoms with Crippen molar-refractivity contribution in [3.8, 4) is 0 Å². The Kier molecular flexibility index (Phi) is 20.2. The zero-order chi connectivity index (χ0) is 2.71. The quantitative estimate of drug-likeness (QED) is 0.437. The zero-order valence-electron chi connectivity index (χ0n) is 2.91. The Morgan fingerprint density at radius 1 is 1.75 bits per heavy atom. The van der Waals surface area contributed by atoms with Crippen LogP contribution in [0, 0.1) is 6.92 Å². The van der Waals surface area contributed by atoms with E-state index in [2.05, 4.69) is 6.92 Å². The molecule has 0 amide bonds. The van der Waals surface area contributed by atoms with Crippen LogP contribution in [-0.4, -0.2) is 0 Å². The molecule has 0 bridgehead atoms. The van der Waals surface area contributed by atoms with E-state index in [-0.39, 0.29) is 26.2 Å². The fraction of sp³-hybridized carbons (Fsp3) is 0.667. The van der Waals surface area contributed by atoms with Crippen LogP contribution in [-0.2, 0) is 26.2 Å². The zero-order valence-corrected chi connectivity index (χ0v) is 5.37. The van der Waals surface area contributed by atoms with Gasteiger partial charge in [0.1, 0.15) is 0 Å². The molecule has 4 heavy (non-hydrogen) atoms. The maximum Gasteiger partial charge on any atom is 0 e. The second-order valence-electron chi connectivity index (χ2n) is 0.500. The van der Waals surface area contributed by atoms with Crippen molar-refractivity contribution in [3.63, 3.8) is 0 Å². The van der Waals surface area contributed by atoms with Gasteiger partial charge in [0.2, 0.25) is 0 Å². The number of rotatable bonds is 0. The van der Waals surface area contributed by atoms with Crippen LogP contribution in [0.1, 0.15) is 13.3 Å². The minimum Gasteiger partial charge on any atom is -0.344 e. The Balaban J connectivity index is 0. The molecule has 0 aliphatic rings. The molecule has 0 atom stereocenters. The molecular formula is C3H7Zr-. The molecule has 0 saturated heterocycles. The van der Waals surface area contributed by atoms with Crippen LogP contribution in [0.15, 0.2) is 0 Å². The second kappa shape index (κ2) is 9.10. The van der Waals surface area contributed by atoms with Gasteiger partial charge in [0, 0.05) is 26.2 Å². The summed E-state index contributed by atoms with van der Waals surface area (Å²) in [4.78, 5) is 0. The van der Waals surface area contributed by atoms with E-state index in [0.717, 1.165) is 6.42 Å². The summed E-state index contributed by atoms with van der Waals surface area (Å²) in [5.41, 5.74) is 0. The van der Waals surface area contributed by atoms with Crippen molar-refractivity contribution in [2.45, 2.75) is 13.3 Å². The summed E-state index contributed by atoms with van der Waals surface area (Å²) in [7, 11) is 0. The van der Waals surface area contributed by atoms with Gasteiger partial charge in [-0.25, -0.2) is 0 Å². The maximum absolute atomic E-state index is 3.49. The van der Waals surface area contributed by atoms with Gasteiger partial charge in [0.25, 0.3) is 0 Å². The third-order valence-electron chi connectivity index (χ3n) is 0. The van der Waals surface area contributed by atoms with Crippen molar-refractivity contribution in [3.05, 3.63) is 6.92 Å². The molecule has 0 unspecified atom stereocenters. The summed E-state index contributed by atoms with van der Waals surface area (Å²) in [6.07, 6.45) is 1.00. The van der Waals surface area contributed by atoms with Gasteiger partial charge in [0.15, 0.2) is 0 Å². The van der Waals surface area contributed by atoms with E-state index < -0.39 is 0 Å². The van der Waals surface area contributed by atoms with Crippen molar-refractivity contribution < 1.29 is 26.2 Å². The van der Waals surface area contributed by atoms with E-state index in [1.807, 2.05) is 6.92 Å². The van der Waals surface area contributed by atoms with Gasteiger partial charge in [-0.05, 0) is 0 Å². The SMILES string of the molecule is [CH2-]CC.[Zr]. The maximum atomic E-state index is 3.49. The summed E-state index contributed by atoms with van der Waals surface area (Å²) in [6, 6.07) is 0. The van der Waals surface area contributed by atoms with Gasteiger partial charge in [-0.3, -0.25) is 0 Å². The molecule has 0 N–H and O–H groups in total. The number of hydrogen-bond donors (Lipinski definition) is 0. The molecule has 1 heteroatoms. The van der Waals surface area contributed by atoms with E-state index in [9.17, 15) is 0 Å². The third kappa shape index (κ3) is 13.1. The summed E-state index contributed by atoms with van der Waals surface area (Å²) < 4.78 is 0. The summed E-state index contributed by atoms with van der Waals surface area (Å²) >= 11 is 0. The first-order valence-electron chi connectivity index (χ1n) is 1.21. The van der Waals surface area contributed by atoms with Gasteiger partial charge in [-0.1, -0.05) is 6.92 Å². The molecule has 0 aromatic rings. The van der Waals surface area contributed by atoms with Gasteiger partial charge < -0.3 is 6.92 Å². The predicted molar refractivity (Wildman–Crippen MR) is 15.6 cm³/mol. The Morgan fingerprint density at radius 3 is 1.75 bits per heavy atom. The molecule has 0 nitrogen and oxygen atoms in total. The standard InChI is InChI=1S/C3H7.Zr/c1-3-2;/h1,3H2,2H3;/q-1;. The van der Waals surface area contributed by atoms with Crippen LogP contribution in [0.25, 0.3) is 0 Å². The van der Waals surface area contributed by atoms with Gasteiger partial charge in [-0.2, -0.15) is 6.42 Å². The molecule has 0 aromatic carbocycles. The smallest absolute Gasteiger partial charge is 0 e. The monoisotopic (exact) mass is 133 g/mol. The second-order valence-corrected chi connectivity index (χ2v) is 0.500. The molecule has 0 aromatic heterocycles. The molecule has 0 heterocycles. The topological polar surface area (TPSA) is 0 Å². The molecule has 0 aliphatic heterocycles. The molecule has 0 saturated carbocycles.